The Hall–Kier alpha value is -2.06. The fourth-order valence-corrected chi connectivity index (χ4v) is 3.48. The predicted molar refractivity (Wildman–Crippen MR) is 99.5 cm³/mol. The molecule has 0 fully saturated rings. The van der Waals surface area contributed by atoms with Crippen molar-refractivity contribution >= 4 is 33.9 Å². The Balaban J connectivity index is 2.25. The maximum absolute atomic E-state index is 13.4. The molecular weight excluding hydrogens is 357 g/mol. The summed E-state index contributed by atoms with van der Waals surface area (Å²) in [5.74, 6) is -0.565. The van der Waals surface area contributed by atoms with Crippen LogP contribution in [0.1, 0.15) is 45.7 Å². The van der Waals surface area contributed by atoms with Crippen molar-refractivity contribution < 1.29 is 18.7 Å². The standard InChI is InChI=1S/C18H24FN3O3S/c1-10(2)18(9-23,22-17(24)25-11(3)4)21-12(5)16-20-14-7-6-13(19)8-15(14)26-16/h6-12,21H,1-5H3,(H,22,24). The van der Waals surface area contributed by atoms with E-state index in [2.05, 4.69) is 15.6 Å². The van der Waals surface area contributed by atoms with Crippen molar-refractivity contribution in [2.75, 3.05) is 0 Å². The zero-order valence-electron chi connectivity index (χ0n) is 15.5. The minimum atomic E-state index is -1.31. The average Bonchev–Trinajstić information content (AvgIpc) is 2.96. The Labute approximate surface area is 156 Å². The summed E-state index contributed by atoms with van der Waals surface area (Å²) in [6.45, 7) is 8.93. The molecule has 1 aromatic heterocycles. The lowest BCUT2D eigenvalue weighted by molar-refractivity contribution is -0.116. The van der Waals surface area contributed by atoms with Gasteiger partial charge >= 0.3 is 6.09 Å². The molecule has 2 rings (SSSR count). The molecule has 0 saturated carbocycles. The maximum atomic E-state index is 13.4. The van der Waals surface area contributed by atoms with Crippen LogP contribution >= 0.6 is 11.3 Å². The van der Waals surface area contributed by atoms with Crippen molar-refractivity contribution in [1.82, 2.24) is 15.6 Å². The van der Waals surface area contributed by atoms with Crippen LogP contribution in [0.25, 0.3) is 10.2 Å². The molecule has 0 aliphatic heterocycles. The minimum Gasteiger partial charge on any atom is -0.447 e. The van der Waals surface area contributed by atoms with Gasteiger partial charge in [0.15, 0.2) is 11.9 Å². The van der Waals surface area contributed by atoms with Gasteiger partial charge in [-0.1, -0.05) is 13.8 Å². The number of nitrogens with zero attached hydrogens (tertiary/aromatic N) is 1. The van der Waals surface area contributed by atoms with Crippen molar-refractivity contribution in [2.45, 2.75) is 52.4 Å². The van der Waals surface area contributed by atoms with Crippen LogP contribution in [0.4, 0.5) is 9.18 Å². The molecule has 142 valence electrons. The first kappa shape index (κ1) is 20.3. The number of carbonyl (C=O) groups is 2. The topological polar surface area (TPSA) is 80.3 Å². The second kappa shape index (κ2) is 8.09. The van der Waals surface area contributed by atoms with Crippen LogP contribution in [0.5, 0.6) is 0 Å². The number of halogens is 1. The SMILES string of the molecule is CC(C)OC(=O)NC(C=O)(NC(C)c1nc2ccc(F)cc2s1)C(C)C. The number of fused-ring (bicyclic) bond motifs is 1. The molecule has 1 amide bonds. The van der Waals surface area contributed by atoms with Crippen molar-refractivity contribution in [3.8, 4) is 0 Å². The highest BCUT2D eigenvalue weighted by molar-refractivity contribution is 7.18. The molecule has 1 aromatic carbocycles. The van der Waals surface area contributed by atoms with Crippen molar-refractivity contribution in [3.05, 3.63) is 29.0 Å². The third-order valence-electron chi connectivity index (χ3n) is 3.94. The Morgan fingerprint density at radius 1 is 1.31 bits per heavy atom. The minimum absolute atomic E-state index is 0.242. The number of aromatic nitrogens is 1. The number of nitrogens with one attached hydrogen (secondary N) is 2. The van der Waals surface area contributed by atoms with Crippen LogP contribution in [-0.2, 0) is 9.53 Å². The normalized spacial score (nSPS) is 15.1. The van der Waals surface area contributed by atoms with Gasteiger partial charge in [0.2, 0.25) is 0 Å². The number of rotatable bonds is 7. The largest absolute Gasteiger partial charge is 0.447 e. The molecule has 0 radical (unpaired) electrons. The van der Waals surface area contributed by atoms with E-state index in [4.69, 9.17) is 4.74 Å². The number of thiazole rings is 1. The third kappa shape index (κ3) is 4.56. The van der Waals surface area contributed by atoms with Gasteiger partial charge in [0.1, 0.15) is 10.8 Å². The smallest absolute Gasteiger partial charge is 0.409 e. The van der Waals surface area contributed by atoms with E-state index in [1.54, 1.807) is 19.9 Å². The van der Waals surface area contributed by atoms with Crippen LogP contribution in [0, 0.1) is 11.7 Å². The molecular formula is C18H24FN3O3S. The van der Waals surface area contributed by atoms with Gasteiger partial charge in [-0.15, -0.1) is 11.3 Å². The Morgan fingerprint density at radius 2 is 2.00 bits per heavy atom. The van der Waals surface area contributed by atoms with Gasteiger partial charge in [0.25, 0.3) is 0 Å². The number of alkyl carbamates (subject to hydrolysis) is 1. The molecule has 0 saturated heterocycles. The number of amides is 1. The van der Waals surface area contributed by atoms with Crippen LogP contribution in [0.15, 0.2) is 18.2 Å². The lowest BCUT2D eigenvalue weighted by Gasteiger charge is -2.36. The fraction of sp³-hybridized carbons (Fsp3) is 0.500. The summed E-state index contributed by atoms with van der Waals surface area (Å²) in [5.41, 5.74) is -0.623. The second-order valence-electron chi connectivity index (χ2n) is 6.75. The molecule has 2 aromatic rings. The highest BCUT2D eigenvalue weighted by atomic mass is 32.1. The molecule has 2 unspecified atom stereocenters. The van der Waals surface area contributed by atoms with Gasteiger partial charge in [0.05, 0.1) is 22.4 Å². The molecule has 0 bridgehead atoms. The Bertz CT molecular complexity index is 793. The first-order valence-corrected chi connectivity index (χ1v) is 9.27. The van der Waals surface area contributed by atoms with Gasteiger partial charge in [-0.3, -0.25) is 15.4 Å². The van der Waals surface area contributed by atoms with E-state index >= 15 is 0 Å². The lowest BCUT2D eigenvalue weighted by atomic mass is 9.96. The molecule has 26 heavy (non-hydrogen) atoms. The average molecular weight is 381 g/mol. The number of hydrogen-bond donors (Lipinski definition) is 2. The highest BCUT2D eigenvalue weighted by Crippen LogP contribution is 2.28. The van der Waals surface area contributed by atoms with E-state index in [0.717, 1.165) is 4.70 Å². The molecule has 0 spiro atoms. The lowest BCUT2D eigenvalue weighted by Crippen LogP contribution is -2.64. The van der Waals surface area contributed by atoms with E-state index in [1.807, 2.05) is 20.8 Å². The summed E-state index contributed by atoms with van der Waals surface area (Å²) in [4.78, 5) is 28.4. The van der Waals surface area contributed by atoms with E-state index in [1.165, 1.54) is 23.5 Å². The predicted octanol–water partition coefficient (Wildman–Crippen LogP) is 3.77. The van der Waals surface area contributed by atoms with E-state index < -0.39 is 11.8 Å². The van der Waals surface area contributed by atoms with Crippen LogP contribution in [0.3, 0.4) is 0 Å². The van der Waals surface area contributed by atoms with E-state index in [-0.39, 0.29) is 23.9 Å². The molecule has 1 heterocycles. The monoisotopic (exact) mass is 381 g/mol. The summed E-state index contributed by atoms with van der Waals surface area (Å²) in [6.07, 6.45) is -0.307. The van der Waals surface area contributed by atoms with Gasteiger partial charge in [-0.05, 0) is 44.9 Å². The van der Waals surface area contributed by atoms with Gasteiger partial charge < -0.3 is 4.74 Å². The van der Waals surface area contributed by atoms with Crippen LogP contribution in [-0.4, -0.2) is 29.1 Å². The number of aldehydes is 1. The molecule has 6 nitrogen and oxygen atoms in total. The van der Waals surface area contributed by atoms with E-state index in [0.29, 0.717) is 16.8 Å². The number of carbonyl (C=O) groups excluding carboxylic acids is 2. The summed E-state index contributed by atoms with van der Waals surface area (Å²) in [7, 11) is 0. The number of hydrogen-bond acceptors (Lipinski definition) is 6. The molecule has 0 aliphatic carbocycles. The zero-order valence-corrected chi connectivity index (χ0v) is 16.3. The summed E-state index contributed by atoms with van der Waals surface area (Å²) in [6, 6.07) is 4.06. The Kier molecular flexibility index (Phi) is 6.30. The number of benzene rings is 1. The number of ether oxygens (including phenoxy) is 1. The van der Waals surface area contributed by atoms with Crippen LogP contribution < -0.4 is 10.6 Å². The summed E-state index contributed by atoms with van der Waals surface area (Å²) < 4.78 is 19.2. The fourth-order valence-electron chi connectivity index (χ4n) is 2.48. The van der Waals surface area contributed by atoms with Crippen molar-refractivity contribution in [3.63, 3.8) is 0 Å². The Morgan fingerprint density at radius 3 is 2.58 bits per heavy atom. The molecule has 2 atom stereocenters. The highest BCUT2D eigenvalue weighted by Gasteiger charge is 2.38. The molecule has 2 N–H and O–H groups in total. The van der Waals surface area contributed by atoms with Gasteiger partial charge in [0, 0.05) is 0 Å². The van der Waals surface area contributed by atoms with E-state index in [9.17, 15) is 14.0 Å². The summed E-state index contributed by atoms with van der Waals surface area (Å²) >= 11 is 1.34. The van der Waals surface area contributed by atoms with Gasteiger partial charge in [-0.25, -0.2) is 14.2 Å². The van der Waals surface area contributed by atoms with Crippen molar-refractivity contribution in [2.24, 2.45) is 5.92 Å². The first-order valence-electron chi connectivity index (χ1n) is 8.45. The molecule has 0 aliphatic rings. The van der Waals surface area contributed by atoms with Crippen molar-refractivity contribution in [1.29, 1.82) is 0 Å². The third-order valence-corrected chi connectivity index (χ3v) is 5.14. The van der Waals surface area contributed by atoms with Gasteiger partial charge in [-0.2, -0.15) is 0 Å². The second-order valence-corrected chi connectivity index (χ2v) is 7.81. The molecule has 8 heteroatoms. The first-order chi connectivity index (χ1) is 12.2. The maximum Gasteiger partial charge on any atom is 0.409 e. The summed E-state index contributed by atoms with van der Waals surface area (Å²) in [5, 5.41) is 6.47. The van der Waals surface area contributed by atoms with Crippen LogP contribution in [0.2, 0.25) is 0 Å². The quantitative estimate of drug-likeness (QED) is 0.564. The zero-order chi connectivity index (χ0) is 19.5.